The molecule has 1 fully saturated rings. The molecule has 0 spiro atoms. The van der Waals surface area contributed by atoms with Crippen LogP contribution in [0.25, 0.3) is 0 Å². The largest absolute Gasteiger partial charge is 0.372 e. The summed E-state index contributed by atoms with van der Waals surface area (Å²) < 4.78 is 58.4. The predicted molar refractivity (Wildman–Crippen MR) is 147 cm³/mol. The number of rotatable bonds is 8. The lowest BCUT2D eigenvalue weighted by atomic mass is 10.1. The van der Waals surface area contributed by atoms with Crippen molar-refractivity contribution in [1.29, 1.82) is 0 Å². The first-order valence-corrected chi connectivity index (χ1v) is 15.4. The standard InChI is InChI=1S/C28H35N3O4S2/c1-6-29(7-2)25-14-12-24(13-15-25)28-30(36(32,33)26-16-8-21(3)9-17-26)20-23(5)31(28)37(34,35)27-18-10-22(4)11-19-27/h8-19,23,28H,6-7,20H2,1-5H3/t23-,28+/m0/s1. The number of hydrogen-bond acceptors (Lipinski definition) is 5. The Kier molecular flexibility index (Phi) is 7.80. The molecule has 3 aromatic rings. The smallest absolute Gasteiger partial charge is 0.245 e. The Bertz CT molecular complexity index is 1430. The van der Waals surface area contributed by atoms with Gasteiger partial charge in [-0.1, -0.05) is 47.5 Å². The Morgan fingerprint density at radius 1 is 0.730 bits per heavy atom. The molecule has 7 nitrogen and oxygen atoms in total. The maximum Gasteiger partial charge on any atom is 0.245 e. The van der Waals surface area contributed by atoms with E-state index < -0.39 is 32.3 Å². The summed E-state index contributed by atoms with van der Waals surface area (Å²) in [7, 11) is -7.99. The van der Waals surface area contributed by atoms with Crippen molar-refractivity contribution in [2.24, 2.45) is 0 Å². The lowest BCUT2D eigenvalue weighted by molar-refractivity contribution is 0.276. The molecule has 0 N–H and O–H groups in total. The summed E-state index contributed by atoms with van der Waals surface area (Å²) in [6, 6.07) is 20.3. The first kappa shape index (κ1) is 27.3. The van der Waals surface area contributed by atoms with Crippen LogP contribution in [0.4, 0.5) is 5.69 Å². The molecule has 0 radical (unpaired) electrons. The van der Waals surface area contributed by atoms with Gasteiger partial charge in [0.2, 0.25) is 20.0 Å². The van der Waals surface area contributed by atoms with Crippen LogP contribution < -0.4 is 4.90 Å². The van der Waals surface area contributed by atoms with Gasteiger partial charge >= 0.3 is 0 Å². The van der Waals surface area contributed by atoms with Crippen LogP contribution in [-0.4, -0.2) is 51.1 Å². The third-order valence-corrected chi connectivity index (χ3v) is 10.8. The zero-order valence-electron chi connectivity index (χ0n) is 22.0. The van der Waals surface area contributed by atoms with Gasteiger partial charge in [0.25, 0.3) is 0 Å². The summed E-state index contributed by atoms with van der Waals surface area (Å²) >= 11 is 0. The molecular weight excluding hydrogens is 506 g/mol. The molecule has 1 aliphatic heterocycles. The lowest BCUT2D eigenvalue weighted by Gasteiger charge is -2.31. The first-order chi connectivity index (χ1) is 17.5. The molecule has 198 valence electrons. The van der Waals surface area contributed by atoms with Crippen LogP contribution in [0.2, 0.25) is 0 Å². The highest BCUT2D eigenvalue weighted by Crippen LogP contribution is 2.42. The zero-order valence-corrected chi connectivity index (χ0v) is 23.6. The van der Waals surface area contributed by atoms with Gasteiger partial charge in [-0.2, -0.15) is 8.61 Å². The summed E-state index contributed by atoms with van der Waals surface area (Å²) in [5, 5.41) is 0. The molecule has 0 bridgehead atoms. The second-order valence-electron chi connectivity index (χ2n) is 9.52. The first-order valence-electron chi connectivity index (χ1n) is 12.5. The van der Waals surface area contributed by atoms with Crippen LogP contribution in [0.3, 0.4) is 0 Å². The van der Waals surface area contributed by atoms with E-state index >= 15 is 0 Å². The lowest BCUT2D eigenvalue weighted by Crippen LogP contribution is -2.39. The maximum absolute atomic E-state index is 14.0. The Morgan fingerprint density at radius 3 is 1.65 bits per heavy atom. The van der Waals surface area contributed by atoms with Crippen molar-refractivity contribution in [3.63, 3.8) is 0 Å². The van der Waals surface area contributed by atoms with E-state index in [0.717, 1.165) is 29.9 Å². The van der Waals surface area contributed by atoms with Crippen LogP contribution in [0.1, 0.15) is 43.6 Å². The highest BCUT2D eigenvalue weighted by molar-refractivity contribution is 7.90. The van der Waals surface area contributed by atoms with Gasteiger partial charge in [-0.25, -0.2) is 16.8 Å². The van der Waals surface area contributed by atoms with E-state index in [1.165, 1.54) is 8.61 Å². The zero-order chi connectivity index (χ0) is 27.0. The fourth-order valence-corrected chi connectivity index (χ4v) is 8.31. The van der Waals surface area contributed by atoms with E-state index in [-0.39, 0.29) is 16.3 Å². The van der Waals surface area contributed by atoms with Gasteiger partial charge in [-0.3, -0.25) is 0 Å². The van der Waals surface area contributed by atoms with Gasteiger partial charge in [0.05, 0.1) is 9.79 Å². The molecule has 0 unspecified atom stereocenters. The summed E-state index contributed by atoms with van der Waals surface area (Å²) in [5.41, 5.74) is 3.49. The fraction of sp³-hybridized carbons (Fsp3) is 0.357. The molecule has 0 amide bonds. The van der Waals surface area contributed by atoms with Crippen molar-refractivity contribution >= 4 is 25.7 Å². The average Bonchev–Trinajstić information content (AvgIpc) is 3.24. The van der Waals surface area contributed by atoms with Gasteiger partial charge < -0.3 is 4.90 Å². The molecule has 2 atom stereocenters. The van der Waals surface area contributed by atoms with E-state index in [1.807, 2.05) is 38.1 Å². The Hall–Kier alpha value is -2.72. The van der Waals surface area contributed by atoms with Crippen LogP contribution in [0.5, 0.6) is 0 Å². The number of sulfonamides is 2. The molecule has 1 heterocycles. The van der Waals surface area contributed by atoms with Crippen molar-refractivity contribution < 1.29 is 16.8 Å². The van der Waals surface area contributed by atoms with Gasteiger partial charge in [-0.05, 0) is 76.6 Å². The molecule has 1 saturated heterocycles. The van der Waals surface area contributed by atoms with Gasteiger partial charge in [0.15, 0.2) is 0 Å². The monoisotopic (exact) mass is 541 g/mol. The highest BCUT2D eigenvalue weighted by atomic mass is 32.2. The minimum absolute atomic E-state index is 0.0454. The third-order valence-electron chi connectivity index (χ3n) is 6.94. The van der Waals surface area contributed by atoms with Gasteiger partial charge in [0.1, 0.15) is 6.17 Å². The summed E-state index contributed by atoms with van der Waals surface area (Å²) in [5.74, 6) is 0. The molecule has 0 aromatic heterocycles. The molecule has 9 heteroatoms. The molecule has 4 rings (SSSR count). The highest BCUT2D eigenvalue weighted by Gasteiger charge is 2.50. The summed E-state index contributed by atoms with van der Waals surface area (Å²) in [6.45, 7) is 11.4. The van der Waals surface area contributed by atoms with E-state index in [4.69, 9.17) is 0 Å². The topological polar surface area (TPSA) is 78.0 Å². The number of nitrogens with zero attached hydrogens (tertiary/aromatic N) is 3. The molecule has 3 aromatic carbocycles. The Balaban J connectivity index is 1.85. The second-order valence-corrected chi connectivity index (χ2v) is 13.3. The SMILES string of the molecule is CCN(CC)c1ccc([C@@H]2N(S(=O)(=O)c3ccc(C)cc3)C[C@H](C)N2S(=O)(=O)c2ccc(C)cc2)cc1. The maximum atomic E-state index is 14.0. The van der Waals surface area contributed by atoms with E-state index in [1.54, 1.807) is 55.5 Å². The van der Waals surface area contributed by atoms with Crippen molar-refractivity contribution in [2.45, 2.75) is 56.6 Å². The molecular formula is C28H35N3O4S2. The molecule has 37 heavy (non-hydrogen) atoms. The van der Waals surface area contributed by atoms with Crippen molar-refractivity contribution in [1.82, 2.24) is 8.61 Å². The second kappa shape index (κ2) is 10.6. The van der Waals surface area contributed by atoms with Crippen LogP contribution in [-0.2, 0) is 20.0 Å². The molecule has 0 saturated carbocycles. The fourth-order valence-electron chi connectivity index (χ4n) is 4.84. The minimum Gasteiger partial charge on any atom is -0.372 e. The predicted octanol–water partition coefficient (Wildman–Crippen LogP) is 4.93. The van der Waals surface area contributed by atoms with Crippen molar-refractivity contribution in [2.75, 3.05) is 24.5 Å². The summed E-state index contributed by atoms with van der Waals surface area (Å²) in [4.78, 5) is 2.47. The van der Waals surface area contributed by atoms with Crippen molar-refractivity contribution in [3.05, 3.63) is 89.5 Å². The summed E-state index contributed by atoms with van der Waals surface area (Å²) in [6.07, 6.45) is -1.02. The van der Waals surface area contributed by atoms with Gasteiger partial charge in [-0.15, -0.1) is 0 Å². The number of anilines is 1. The normalized spacial score (nSPS) is 19.3. The number of hydrogen-bond donors (Lipinski definition) is 0. The van der Waals surface area contributed by atoms with E-state index in [0.29, 0.717) is 5.56 Å². The van der Waals surface area contributed by atoms with E-state index in [2.05, 4.69) is 18.7 Å². The minimum atomic E-state index is -4.00. The quantitative estimate of drug-likeness (QED) is 0.404. The van der Waals surface area contributed by atoms with Crippen LogP contribution in [0, 0.1) is 13.8 Å². The van der Waals surface area contributed by atoms with Crippen LogP contribution in [0.15, 0.2) is 82.6 Å². The molecule has 0 aliphatic carbocycles. The number of aryl methyl sites for hydroxylation is 2. The van der Waals surface area contributed by atoms with Crippen LogP contribution >= 0.6 is 0 Å². The molecule has 1 aliphatic rings. The van der Waals surface area contributed by atoms with E-state index in [9.17, 15) is 16.8 Å². The van der Waals surface area contributed by atoms with Crippen molar-refractivity contribution in [3.8, 4) is 0 Å². The number of benzene rings is 3. The Labute approximate surface area is 221 Å². The Morgan fingerprint density at radius 2 is 1.19 bits per heavy atom. The average molecular weight is 542 g/mol. The third kappa shape index (κ3) is 5.18. The van der Waals surface area contributed by atoms with Gasteiger partial charge in [0, 0.05) is 31.4 Å².